The molecule has 4 aromatic rings. The number of benzene rings is 3. The van der Waals surface area contributed by atoms with E-state index in [0.717, 1.165) is 58.0 Å². The molecule has 0 aliphatic carbocycles. The minimum absolute atomic E-state index is 0.0182. The van der Waals surface area contributed by atoms with E-state index in [1.54, 1.807) is 4.68 Å². The lowest BCUT2D eigenvalue weighted by molar-refractivity contribution is 0.835. The Morgan fingerprint density at radius 3 is 2.73 bits per heavy atom. The minimum Gasteiger partial charge on any atom is -0.384 e. The molecule has 4 heteroatoms. The lowest BCUT2D eigenvalue weighted by Gasteiger charge is -2.08. The summed E-state index contributed by atoms with van der Waals surface area (Å²) in [6.07, 6.45) is 2.19. The van der Waals surface area contributed by atoms with E-state index in [0.29, 0.717) is 0 Å². The topological polar surface area (TPSA) is 49.8 Å². The Kier molecular flexibility index (Phi) is 4.25. The van der Waals surface area contributed by atoms with E-state index >= 15 is 0 Å². The van der Waals surface area contributed by atoms with Gasteiger partial charge in [0.05, 0.1) is 16.6 Å². The van der Waals surface area contributed by atoms with Crippen molar-refractivity contribution in [2.75, 3.05) is 11.9 Å². The predicted molar refractivity (Wildman–Crippen MR) is 110 cm³/mol. The van der Waals surface area contributed by atoms with Gasteiger partial charge in [-0.3, -0.25) is 9.89 Å². The number of H-pyrrole nitrogens is 1. The molecule has 0 aliphatic heterocycles. The molecule has 0 amide bonds. The van der Waals surface area contributed by atoms with Gasteiger partial charge >= 0.3 is 0 Å². The molecule has 0 saturated heterocycles. The van der Waals surface area contributed by atoms with Gasteiger partial charge in [0.1, 0.15) is 0 Å². The van der Waals surface area contributed by atoms with Crippen LogP contribution in [0.25, 0.3) is 27.4 Å². The number of nitrogens with one attached hydrogen (secondary N) is 2. The van der Waals surface area contributed by atoms with Crippen molar-refractivity contribution in [1.29, 1.82) is 0 Å². The Labute approximate surface area is 152 Å². The highest BCUT2D eigenvalue weighted by molar-refractivity contribution is 6.10. The maximum atomic E-state index is 13.2. The first kappa shape index (κ1) is 16.5. The number of nitrogens with zero attached hydrogens (tertiary/aromatic N) is 1. The van der Waals surface area contributed by atoms with Gasteiger partial charge in [-0.1, -0.05) is 49.7 Å². The van der Waals surface area contributed by atoms with Crippen LogP contribution in [0.15, 0.2) is 59.4 Å². The van der Waals surface area contributed by atoms with Crippen molar-refractivity contribution in [3.8, 4) is 5.69 Å². The Morgan fingerprint density at radius 2 is 1.92 bits per heavy atom. The molecule has 26 heavy (non-hydrogen) atoms. The highest BCUT2D eigenvalue weighted by atomic mass is 16.1. The Morgan fingerprint density at radius 1 is 1.08 bits per heavy atom. The number of aryl methyl sites for hydroxylation is 1. The highest BCUT2D eigenvalue weighted by Gasteiger charge is 2.15. The first-order valence-electron chi connectivity index (χ1n) is 9.16. The van der Waals surface area contributed by atoms with Crippen LogP contribution in [0.3, 0.4) is 0 Å². The van der Waals surface area contributed by atoms with Crippen LogP contribution < -0.4 is 10.9 Å². The average molecular weight is 345 g/mol. The zero-order valence-electron chi connectivity index (χ0n) is 15.2. The second kappa shape index (κ2) is 6.71. The molecular weight excluding hydrogens is 322 g/mol. The number of rotatable bonds is 5. The van der Waals surface area contributed by atoms with Gasteiger partial charge in [-0.25, -0.2) is 4.68 Å². The molecule has 3 aromatic carbocycles. The van der Waals surface area contributed by atoms with Gasteiger partial charge in [-0.05, 0) is 42.5 Å². The van der Waals surface area contributed by atoms with Crippen molar-refractivity contribution >= 4 is 27.4 Å². The third-order valence-electron chi connectivity index (χ3n) is 4.80. The molecule has 0 atom stereocenters. The molecule has 0 spiro atoms. The molecule has 0 saturated carbocycles. The first-order valence-corrected chi connectivity index (χ1v) is 9.16. The molecule has 0 fully saturated rings. The molecule has 1 heterocycles. The van der Waals surface area contributed by atoms with Crippen molar-refractivity contribution in [1.82, 2.24) is 9.78 Å². The molecular formula is C22H23N3O. The Hall–Kier alpha value is -3.01. The van der Waals surface area contributed by atoms with E-state index in [9.17, 15) is 4.79 Å². The maximum absolute atomic E-state index is 13.2. The molecule has 132 valence electrons. The van der Waals surface area contributed by atoms with Gasteiger partial charge < -0.3 is 5.32 Å². The van der Waals surface area contributed by atoms with Crippen LogP contribution >= 0.6 is 0 Å². The number of aromatic nitrogens is 2. The predicted octanol–water partition coefficient (Wildman–Crippen LogP) is 4.99. The molecule has 4 rings (SSSR count). The summed E-state index contributed by atoms with van der Waals surface area (Å²) in [5.41, 5.74) is 3.75. The molecule has 1 aromatic heterocycles. The first-order chi connectivity index (χ1) is 12.7. The Bertz CT molecular complexity index is 1140. The van der Waals surface area contributed by atoms with E-state index in [-0.39, 0.29) is 5.56 Å². The number of aromatic amines is 1. The monoisotopic (exact) mass is 345 g/mol. The van der Waals surface area contributed by atoms with E-state index in [1.807, 2.05) is 43.3 Å². The summed E-state index contributed by atoms with van der Waals surface area (Å²) in [6, 6.07) is 18.2. The van der Waals surface area contributed by atoms with Gasteiger partial charge in [0.2, 0.25) is 0 Å². The lowest BCUT2D eigenvalue weighted by Crippen LogP contribution is -2.15. The van der Waals surface area contributed by atoms with Crippen LogP contribution in [0.5, 0.6) is 0 Å². The summed E-state index contributed by atoms with van der Waals surface area (Å²) >= 11 is 0. The third-order valence-corrected chi connectivity index (χ3v) is 4.80. The zero-order valence-corrected chi connectivity index (χ0v) is 15.2. The summed E-state index contributed by atoms with van der Waals surface area (Å²) in [5, 5.41) is 9.72. The van der Waals surface area contributed by atoms with Gasteiger partial charge in [0.25, 0.3) is 5.56 Å². The SMILES string of the molecule is CCCCNc1cc2ccccc2c2[nH]n(-c3cccc(C)c3)c(=O)c12. The molecule has 0 radical (unpaired) electrons. The van der Waals surface area contributed by atoms with Crippen LogP contribution in [0.4, 0.5) is 5.69 Å². The molecule has 0 unspecified atom stereocenters. The number of fused-ring (bicyclic) bond motifs is 3. The summed E-state index contributed by atoms with van der Waals surface area (Å²) in [6.45, 7) is 5.06. The fourth-order valence-electron chi connectivity index (χ4n) is 3.45. The van der Waals surface area contributed by atoms with Crippen molar-refractivity contribution in [3.05, 3.63) is 70.5 Å². The molecule has 0 aliphatic rings. The summed E-state index contributed by atoms with van der Waals surface area (Å²) < 4.78 is 1.65. The van der Waals surface area contributed by atoms with Crippen LogP contribution in [0.2, 0.25) is 0 Å². The van der Waals surface area contributed by atoms with Crippen molar-refractivity contribution in [3.63, 3.8) is 0 Å². The Balaban J connectivity index is 1.99. The molecule has 4 nitrogen and oxygen atoms in total. The lowest BCUT2D eigenvalue weighted by atomic mass is 10.1. The normalized spacial score (nSPS) is 11.3. The second-order valence-electron chi connectivity index (χ2n) is 6.77. The minimum atomic E-state index is -0.0182. The zero-order chi connectivity index (χ0) is 18.1. The highest BCUT2D eigenvalue weighted by Crippen LogP contribution is 2.29. The second-order valence-corrected chi connectivity index (χ2v) is 6.77. The van der Waals surface area contributed by atoms with Gasteiger partial charge in [0, 0.05) is 17.6 Å². The summed E-state index contributed by atoms with van der Waals surface area (Å²) in [4.78, 5) is 13.2. The van der Waals surface area contributed by atoms with E-state index in [1.165, 1.54) is 0 Å². The number of hydrogen-bond donors (Lipinski definition) is 2. The quantitative estimate of drug-likeness (QED) is 0.501. The van der Waals surface area contributed by atoms with Crippen molar-refractivity contribution in [2.45, 2.75) is 26.7 Å². The largest absolute Gasteiger partial charge is 0.384 e. The van der Waals surface area contributed by atoms with Crippen molar-refractivity contribution < 1.29 is 0 Å². The summed E-state index contributed by atoms with van der Waals surface area (Å²) in [7, 11) is 0. The third kappa shape index (κ3) is 2.77. The van der Waals surface area contributed by atoms with Crippen LogP contribution in [-0.4, -0.2) is 16.3 Å². The average Bonchev–Trinajstić information content (AvgIpc) is 3.00. The smallest absolute Gasteiger partial charge is 0.281 e. The summed E-state index contributed by atoms with van der Waals surface area (Å²) in [5.74, 6) is 0. The number of anilines is 1. The fraction of sp³-hybridized carbons (Fsp3) is 0.227. The maximum Gasteiger partial charge on any atom is 0.281 e. The van der Waals surface area contributed by atoms with Crippen LogP contribution in [-0.2, 0) is 0 Å². The number of hydrogen-bond acceptors (Lipinski definition) is 2. The molecule has 2 N–H and O–H groups in total. The van der Waals surface area contributed by atoms with Crippen LogP contribution in [0.1, 0.15) is 25.3 Å². The van der Waals surface area contributed by atoms with Crippen LogP contribution in [0, 0.1) is 6.92 Å². The van der Waals surface area contributed by atoms with E-state index < -0.39 is 0 Å². The van der Waals surface area contributed by atoms with E-state index in [2.05, 4.69) is 35.5 Å². The standard InChI is InChI=1S/C22H23N3O/c1-3-4-12-23-19-14-16-9-5-6-11-18(16)21-20(19)22(26)25(24-21)17-10-7-8-15(2)13-17/h5-11,13-14,23-24H,3-4,12H2,1-2H3. The number of unbranched alkanes of at least 4 members (excludes halogenated alkanes) is 1. The van der Waals surface area contributed by atoms with Gasteiger partial charge in [-0.2, -0.15) is 0 Å². The van der Waals surface area contributed by atoms with Gasteiger partial charge in [-0.15, -0.1) is 0 Å². The van der Waals surface area contributed by atoms with E-state index in [4.69, 9.17) is 0 Å². The van der Waals surface area contributed by atoms with Gasteiger partial charge in [0.15, 0.2) is 0 Å². The molecule has 0 bridgehead atoms. The van der Waals surface area contributed by atoms with Crippen molar-refractivity contribution in [2.24, 2.45) is 0 Å². The fourth-order valence-corrected chi connectivity index (χ4v) is 3.45.